The lowest BCUT2D eigenvalue weighted by atomic mass is 9.74. The Labute approximate surface area is 115 Å². The van der Waals surface area contributed by atoms with Gasteiger partial charge in [-0.05, 0) is 49.7 Å². The van der Waals surface area contributed by atoms with Gasteiger partial charge in [-0.3, -0.25) is 0 Å². The van der Waals surface area contributed by atoms with Gasteiger partial charge in [0.2, 0.25) is 9.84 Å². The van der Waals surface area contributed by atoms with E-state index >= 15 is 0 Å². The summed E-state index contributed by atoms with van der Waals surface area (Å²) >= 11 is 0. The predicted octanol–water partition coefficient (Wildman–Crippen LogP) is 3.94. The molecule has 1 saturated carbocycles. The molecule has 2 atom stereocenters. The van der Waals surface area contributed by atoms with Crippen LogP contribution in [0.3, 0.4) is 0 Å². The number of hydrogen-bond donors (Lipinski definition) is 0. The summed E-state index contributed by atoms with van der Waals surface area (Å²) in [7, 11) is -3.27. The van der Waals surface area contributed by atoms with E-state index in [4.69, 9.17) is 0 Å². The van der Waals surface area contributed by atoms with Crippen LogP contribution in [-0.2, 0) is 9.84 Å². The minimum absolute atomic E-state index is 0.271. The van der Waals surface area contributed by atoms with Crippen LogP contribution in [-0.4, -0.2) is 8.42 Å². The van der Waals surface area contributed by atoms with Crippen molar-refractivity contribution in [2.75, 3.05) is 0 Å². The Morgan fingerprint density at radius 1 is 0.947 bits per heavy atom. The molecule has 0 unspecified atom stereocenters. The summed E-state index contributed by atoms with van der Waals surface area (Å²) in [6, 6.07) is 8.88. The molecule has 3 heteroatoms. The molecule has 0 N–H and O–H groups in total. The Kier molecular flexibility index (Phi) is 3.48. The fourth-order valence-electron chi connectivity index (χ4n) is 3.56. The van der Waals surface area contributed by atoms with E-state index in [1.807, 2.05) is 12.1 Å². The largest absolute Gasteiger partial charge is 0.219 e. The van der Waals surface area contributed by atoms with Gasteiger partial charge in [0.05, 0.1) is 4.90 Å². The van der Waals surface area contributed by atoms with Crippen LogP contribution in [0.25, 0.3) is 0 Å². The third-order valence-corrected chi connectivity index (χ3v) is 6.50. The first-order chi connectivity index (χ1) is 9.19. The smallest absolute Gasteiger partial charge is 0.202 e. The molecule has 19 heavy (non-hydrogen) atoms. The molecule has 0 spiro atoms. The molecular formula is C16H20O2S. The van der Waals surface area contributed by atoms with E-state index in [0.717, 1.165) is 12.8 Å². The molecule has 1 aromatic carbocycles. The summed E-state index contributed by atoms with van der Waals surface area (Å²) in [6.45, 7) is 0. The summed E-state index contributed by atoms with van der Waals surface area (Å²) in [4.78, 5) is 1.15. The van der Waals surface area contributed by atoms with Crippen molar-refractivity contribution in [3.63, 3.8) is 0 Å². The molecule has 2 aliphatic rings. The summed E-state index contributed by atoms with van der Waals surface area (Å²) in [5.74, 6) is 0.861. The van der Waals surface area contributed by atoms with Gasteiger partial charge in [0, 0.05) is 4.91 Å². The summed E-state index contributed by atoms with van der Waals surface area (Å²) in [6.07, 6.45) is 8.74. The molecule has 0 bridgehead atoms. The number of benzene rings is 1. The van der Waals surface area contributed by atoms with E-state index in [1.54, 1.807) is 24.3 Å². The number of hydrogen-bond acceptors (Lipinski definition) is 2. The first-order valence-corrected chi connectivity index (χ1v) is 8.68. The van der Waals surface area contributed by atoms with E-state index in [-0.39, 0.29) is 5.92 Å². The quantitative estimate of drug-likeness (QED) is 0.819. The van der Waals surface area contributed by atoms with Crippen LogP contribution in [0.1, 0.15) is 38.5 Å². The average Bonchev–Trinajstić information content (AvgIpc) is 2.47. The van der Waals surface area contributed by atoms with Crippen molar-refractivity contribution >= 4 is 9.84 Å². The maximum atomic E-state index is 12.8. The van der Waals surface area contributed by atoms with Crippen LogP contribution in [0.15, 0.2) is 46.2 Å². The molecule has 1 fully saturated rings. The molecular weight excluding hydrogens is 256 g/mol. The molecule has 0 radical (unpaired) electrons. The summed E-state index contributed by atoms with van der Waals surface area (Å²) in [5, 5.41) is 0. The van der Waals surface area contributed by atoms with E-state index < -0.39 is 9.84 Å². The number of rotatable bonds is 2. The van der Waals surface area contributed by atoms with Gasteiger partial charge in [-0.2, -0.15) is 0 Å². The lowest BCUT2D eigenvalue weighted by Gasteiger charge is -2.36. The zero-order chi connectivity index (χ0) is 13.3. The fourth-order valence-corrected chi connectivity index (χ4v) is 5.40. The first kappa shape index (κ1) is 12.9. The Bertz CT molecular complexity index is 572. The molecule has 1 aromatic rings. The zero-order valence-electron chi connectivity index (χ0n) is 11.1. The SMILES string of the molecule is O=S(=O)(C1=CCC[C@H]2CCCC[C@H]12)c1ccccc1. The van der Waals surface area contributed by atoms with Crippen LogP contribution in [0, 0.1) is 11.8 Å². The van der Waals surface area contributed by atoms with Gasteiger partial charge in [0.25, 0.3) is 0 Å². The molecule has 2 aliphatic carbocycles. The molecule has 3 rings (SSSR count). The summed E-state index contributed by atoms with van der Waals surface area (Å²) in [5.41, 5.74) is 0. The molecule has 0 aliphatic heterocycles. The lowest BCUT2D eigenvalue weighted by molar-refractivity contribution is 0.254. The minimum atomic E-state index is -3.27. The Morgan fingerprint density at radius 2 is 1.68 bits per heavy atom. The standard InChI is InChI=1S/C16H20O2S/c17-19(18,14-9-2-1-3-10-14)16-12-6-8-13-7-4-5-11-15(13)16/h1-3,9-10,12-13,15H,4-8,11H2/t13-,15+/m1/s1. The number of sulfone groups is 1. The highest BCUT2D eigenvalue weighted by molar-refractivity contribution is 7.95. The maximum Gasteiger partial charge on any atom is 0.202 e. The van der Waals surface area contributed by atoms with Gasteiger partial charge in [-0.15, -0.1) is 0 Å². The van der Waals surface area contributed by atoms with Crippen molar-refractivity contribution in [2.45, 2.75) is 43.4 Å². The van der Waals surface area contributed by atoms with E-state index in [1.165, 1.54) is 25.7 Å². The Hall–Kier alpha value is -1.09. The van der Waals surface area contributed by atoms with Gasteiger partial charge in [-0.25, -0.2) is 8.42 Å². The molecule has 0 amide bonds. The molecule has 102 valence electrons. The van der Waals surface area contributed by atoms with Gasteiger partial charge in [0.15, 0.2) is 0 Å². The predicted molar refractivity (Wildman–Crippen MR) is 76.4 cm³/mol. The van der Waals surface area contributed by atoms with Crippen molar-refractivity contribution in [1.82, 2.24) is 0 Å². The second-order valence-corrected chi connectivity index (χ2v) is 7.60. The minimum Gasteiger partial charge on any atom is -0.219 e. The van der Waals surface area contributed by atoms with Gasteiger partial charge in [-0.1, -0.05) is 37.1 Å². The number of allylic oxidation sites excluding steroid dienone is 2. The van der Waals surface area contributed by atoms with Crippen LogP contribution in [0.5, 0.6) is 0 Å². The first-order valence-electron chi connectivity index (χ1n) is 7.20. The van der Waals surface area contributed by atoms with E-state index in [9.17, 15) is 8.42 Å². The normalized spacial score (nSPS) is 27.5. The molecule has 0 aromatic heterocycles. The van der Waals surface area contributed by atoms with Crippen molar-refractivity contribution < 1.29 is 8.42 Å². The Morgan fingerprint density at radius 3 is 2.47 bits per heavy atom. The van der Waals surface area contributed by atoms with Crippen molar-refractivity contribution in [3.8, 4) is 0 Å². The van der Waals surface area contributed by atoms with Crippen LogP contribution < -0.4 is 0 Å². The van der Waals surface area contributed by atoms with Gasteiger partial charge in [0.1, 0.15) is 0 Å². The van der Waals surface area contributed by atoms with E-state index in [2.05, 4.69) is 0 Å². The van der Waals surface area contributed by atoms with Gasteiger partial charge < -0.3 is 0 Å². The molecule has 2 nitrogen and oxygen atoms in total. The van der Waals surface area contributed by atoms with Crippen molar-refractivity contribution in [2.24, 2.45) is 11.8 Å². The molecule has 0 saturated heterocycles. The molecule has 0 heterocycles. The highest BCUT2D eigenvalue weighted by atomic mass is 32.2. The topological polar surface area (TPSA) is 34.1 Å². The van der Waals surface area contributed by atoms with E-state index in [0.29, 0.717) is 15.7 Å². The van der Waals surface area contributed by atoms with Crippen molar-refractivity contribution in [1.29, 1.82) is 0 Å². The fraction of sp³-hybridized carbons (Fsp3) is 0.500. The van der Waals surface area contributed by atoms with Gasteiger partial charge >= 0.3 is 0 Å². The zero-order valence-corrected chi connectivity index (χ0v) is 11.9. The van der Waals surface area contributed by atoms with Crippen LogP contribution in [0.4, 0.5) is 0 Å². The Balaban J connectivity index is 1.99. The van der Waals surface area contributed by atoms with Crippen LogP contribution >= 0.6 is 0 Å². The third kappa shape index (κ3) is 2.36. The highest BCUT2D eigenvalue weighted by Gasteiger charge is 2.36. The maximum absolute atomic E-state index is 12.8. The average molecular weight is 276 g/mol. The van der Waals surface area contributed by atoms with Crippen LogP contribution in [0.2, 0.25) is 0 Å². The second-order valence-electron chi connectivity index (χ2n) is 5.65. The monoisotopic (exact) mass is 276 g/mol. The second kappa shape index (κ2) is 5.12. The highest BCUT2D eigenvalue weighted by Crippen LogP contribution is 2.44. The van der Waals surface area contributed by atoms with Crippen molar-refractivity contribution in [3.05, 3.63) is 41.3 Å². The number of fused-ring (bicyclic) bond motifs is 1. The summed E-state index contributed by atoms with van der Waals surface area (Å²) < 4.78 is 25.5. The third-order valence-electron chi connectivity index (χ3n) is 4.52. The lowest BCUT2D eigenvalue weighted by Crippen LogP contribution is -2.28.